The molecule has 32 heavy (non-hydrogen) atoms. The molecule has 2 aromatic heterocycles. The van der Waals surface area contributed by atoms with Gasteiger partial charge >= 0.3 is 0 Å². The second-order valence-corrected chi connectivity index (χ2v) is 8.15. The van der Waals surface area contributed by atoms with Crippen LogP contribution in [-0.4, -0.2) is 51.3 Å². The molecule has 3 aromatic rings. The molecule has 7 nitrogen and oxygen atoms in total. The minimum absolute atomic E-state index is 0.0161. The molecule has 0 aliphatic carbocycles. The number of carbonyl (C=O) groups is 2. The van der Waals surface area contributed by atoms with E-state index in [4.69, 9.17) is 0 Å². The minimum Gasteiger partial charge on any atom is -0.356 e. The van der Waals surface area contributed by atoms with Gasteiger partial charge in [-0.25, -0.2) is 9.97 Å². The Morgan fingerprint density at radius 3 is 2.62 bits per heavy atom. The Bertz CT molecular complexity index is 1070. The number of pyridine rings is 1. The zero-order chi connectivity index (χ0) is 22.4. The van der Waals surface area contributed by atoms with E-state index in [0.717, 1.165) is 23.1 Å². The number of likely N-dealkylation sites (tertiary alicyclic amines) is 1. The SMILES string of the molecule is CCNC(=O)C1(Cc2ccccc2-c2cncnc2)CCCN(C(=O)c2ccccn2)C1. The van der Waals surface area contributed by atoms with E-state index in [0.29, 0.717) is 38.2 Å². The molecule has 1 unspecified atom stereocenters. The maximum absolute atomic E-state index is 13.4. The highest BCUT2D eigenvalue weighted by Crippen LogP contribution is 2.37. The van der Waals surface area contributed by atoms with Gasteiger partial charge in [0.1, 0.15) is 12.0 Å². The number of amides is 2. The maximum atomic E-state index is 13.4. The number of piperidine rings is 1. The van der Waals surface area contributed by atoms with E-state index in [2.05, 4.69) is 20.3 Å². The fourth-order valence-corrected chi connectivity index (χ4v) is 4.47. The summed E-state index contributed by atoms with van der Waals surface area (Å²) in [5, 5.41) is 3.02. The molecule has 2 amide bonds. The number of carbonyl (C=O) groups excluding carboxylic acids is 2. The highest BCUT2D eigenvalue weighted by Gasteiger charge is 2.44. The molecular weight excluding hydrogens is 402 g/mol. The zero-order valence-corrected chi connectivity index (χ0v) is 18.2. The number of nitrogens with one attached hydrogen (secondary N) is 1. The predicted octanol–water partition coefficient (Wildman–Crippen LogP) is 3.14. The standard InChI is InChI=1S/C25H27N5O2/c1-2-28-24(32)25(11-7-13-30(17-25)23(31)22-10-5-6-12-29-22)14-19-8-3-4-9-21(19)20-15-26-18-27-16-20/h3-6,8-10,12,15-16,18H,2,7,11,13-14,17H2,1H3,(H,28,32). The Labute approximate surface area is 187 Å². The molecule has 7 heteroatoms. The molecule has 1 aliphatic heterocycles. The first kappa shape index (κ1) is 21.6. The monoisotopic (exact) mass is 429 g/mol. The van der Waals surface area contributed by atoms with Crippen molar-refractivity contribution >= 4 is 11.8 Å². The van der Waals surface area contributed by atoms with Crippen molar-refractivity contribution in [3.63, 3.8) is 0 Å². The predicted molar refractivity (Wildman–Crippen MR) is 122 cm³/mol. The van der Waals surface area contributed by atoms with Crippen molar-refractivity contribution in [3.05, 3.63) is 78.6 Å². The van der Waals surface area contributed by atoms with E-state index in [1.165, 1.54) is 6.33 Å². The molecular formula is C25H27N5O2. The van der Waals surface area contributed by atoms with Crippen molar-refractivity contribution in [2.75, 3.05) is 19.6 Å². The molecule has 0 radical (unpaired) electrons. The summed E-state index contributed by atoms with van der Waals surface area (Å²) in [5.74, 6) is -0.152. The lowest BCUT2D eigenvalue weighted by Gasteiger charge is -2.42. The Hall–Kier alpha value is -3.61. The van der Waals surface area contributed by atoms with Gasteiger partial charge < -0.3 is 10.2 Å². The van der Waals surface area contributed by atoms with Gasteiger partial charge in [0.25, 0.3) is 5.91 Å². The van der Waals surface area contributed by atoms with Crippen LogP contribution in [0.25, 0.3) is 11.1 Å². The van der Waals surface area contributed by atoms with Crippen molar-refractivity contribution in [1.82, 2.24) is 25.2 Å². The number of nitrogens with zero attached hydrogens (tertiary/aromatic N) is 4. The van der Waals surface area contributed by atoms with Crippen molar-refractivity contribution in [1.29, 1.82) is 0 Å². The molecule has 1 atom stereocenters. The largest absolute Gasteiger partial charge is 0.356 e. The van der Waals surface area contributed by atoms with Gasteiger partial charge in [-0.15, -0.1) is 0 Å². The summed E-state index contributed by atoms with van der Waals surface area (Å²) in [6, 6.07) is 13.3. The lowest BCUT2D eigenvalue weighted by atomic mass is 9.73. The molecule has 0 bridgehead atoms. The van der Waals surface area contributed by atoms with Gasteiger partial charge in [-0.1, -0.05) is 30.3 Å². The van der Waals surface area contributed by atoms with Crippen molar-refractivity contribution < 1.29 is 9.59 Å². The lowest BCUT2D eigenvalue weighted by molar-refractivity contribution is -0.133. The fraction of sp³-hybridized carbons (Fsp3) is 0.320. The second kappa shape index (κ2) is 9.68. The van der Waals surface area contributed by atoms with E-state index in [-0.39, 0.29) is 11.8 Å². The van der Waals surface area contributed by atoms with Gasteiger partial charge in [0.05, 0.1) is 5.41 Å². The summed E-state index contributed by atoms with van der Waals surface area (Å²) in [4.78, 5) is 40.8. The first-order valence-electron chi connectivity index (χ1n) is 10.9. The van der Waals surface area contributed by atoms with E-state index < -0.39 is 5.41 Å². The number of aromatic nitrogens is 3. The molecule has 3 heterocycles. The van der Waals surface area contributed by atoms with E-state index in [1.54, 1.807) is 41.7 Å². The molecule has 1 aliphatic rings. The topological polar surface area (TPSA) is 88.1 Å². The van der Waals surface area contributed by atoms with Crippen molar-refractivity contribution in [2.24, 2.45) is 5.41 Å². The van der Waals surface area contributed by atoms with Crippen LogP contribution in [-0.2, 0) is 11.2 Å². The van der Waals surface area contributed by atoms with Crippen LogP contribution >= 0.6 is 0 Å². The minimum atomic E-state index is -0.718. The summed E-state index contributed by atoms with van der Waals surface area (Å²) in [6.07, 6.45) is 8.68. The van der Waals surface area contributed by atoms with Crippen LogP contribution in [0.4, 0.5) is 0 Å². The molecule has 1 saturated heterocycles. The maximum Gasteiger partial charge on any atom is 0.272 e. The summed E-state index contributed by atoms with van der Waals surface area (Å²) in [5.41, 5.74) is 2.64. The Morgan fingerprint density at radius 2 is 1.88 bits per heavy atom. The summed E-state index contributed by atoms with van der Waals surface area (Å²) >= 11 is 0. The zero-order valence-electron chi connectivity index (χ0n) is 18.2. The number of benzene rings is 1. The third-order valence-corrected chi connectivity index (χ3v) is 5.98. The average Bonchev–Trinajstić information content (AvgIpc) is 2.85. The molecule has 1 fully saturated rings. The van der Waals surface area contributed by atoms with Gasteiger partial charge in [-0.05, 0) is 49.4 Å². The molecule has 0 saturated carbocycles. The summed E-state index contributed by atoms with van der Waals surface area (Å²) in [6.45, 7) is 3.43. The number of hydrogen-bond donors (Lipinski definition) is 1. The second-order valence-electron chi connectivity index (χ2n) is 8.15. The van der Waals surface area contributed by atoms with E-state index in [1.807, 2.05) is 31.2 Å². The first-order chi connectivity index (χ1) is 15.6. The Balaban J connectivity index is 1.68. The van der Waals surface area contributed by atoms with Crippen LogP contribution < -0.4 is 5.32 Å². The van der Waals surface area contributed by atoms with Crippen molar-refractivity contribution in [3.8, 4) is 11.1 Å². The third kappa shape index (κ3) is 4.51. The Morgan fingerprint density at radius 1 is 1.09 bits per heavy atom. The average molecular weight is 430 g/mol. The molecule has 4 rings (SSSR count). The van der Waals surface area contributed by atoms with Crippen LogP contribution in [0, 0.1) is 5.41 Å². The highest BCUT2D eigenvalue weighted by atomic mass is 16.2. The van der Waals surface area contributed by atoms with Crippen LogP contribution in [0.15, 0.2) is 67.4 Å². The highest BCUT2D eigenvalue weighted by molar-refractivity contribution is 5.93. The van der Waals surface area contributed by atoms with Crippen molar-refractivity contribution in [2.45, 2.75) is 26.2 Å². The molecule has 0 spiro atoms. The van der Waals surface area contributed by atoms with Crippen LogP contribution in [0.3, 0.4) is 0 Å². The van der Waals surface area contributed by atoms with Gasteiger partial charge in [-0.3, -0.25) is 14.6 Å². The van der Waals surface area contributed by atoms with E-state index in [9.17, 15) is 9.59 Å². The van der Waals surface area contributed by atoms with Gasteiger partial charge in [0, 0.05) is 43.8 Å². The van der Waals surface area contributed by atoms with Crippen LogP contribution in [0.1, 0.15) is 35.8 Å². The quantitative estimate of drug-likeness (QED) is 0.650. The smallest absolute Gasteiger partial charge is 0.272 e. The number of hydrogen-bond acceptors (Lipinski definition) is 5. The number of rotatable bonds is 6. The summed E-state index contributed by atoms with van der Waals surface area (Å²) in [7, 11) is 0. The third-order valence-electron chi connectivity index (χ3n) is 5.98. The molecule has 1 N–H and O–H groups in total. The van der Waals surface area contributed by atoms with Crippen LogP contribution in [0.5, 0.6) is 0 Å². The summed E-state index contributed by atoms with van der Waals surface area (Å²) < 4.78 is 0. The van der Waals surface area contributed by atoms with Gasteiger partial charge in [0.15, 0.2) is 0 Å². The first-order valence-corrected chi connectivity index (χ1v) is 10.9. The molecule has 1 aromatic carbocycles. The fourth-order valence-electron chi connectivity index (χ4n) is 4.47. The van der Waals surface area contributed by atoms with Crippen LogP contribution in [0.2, 0.25) is 0 Å². The Kier molecular flexibility index (Phi) is 6.54. The van der Waals surface area contributed by atoms with Gasteiger partial charge in [-0.2, -0.15) is 0 Å². The lowest BCUT2D eigenvalue weighted by Crippen LogP contribution is -2.54. The normalized spacial score (nSPS) is 18.2. The van der Waals surface area contributed by atoms with Gasteiger partial charge in [0.2, 0.25) is 5.91 Å². The van der Waals surface area contributed by atoms with E-state index >= 15 is 0 Å². The molecule has 164 valence electrons.